The van der Waals surface area contributed by atoms with Crippen LogP contribution in [0.2, 0.25) is 0 Å². The average molecular weight is 236 g/mol. The van der Waals surface area contributed by atoms with E-state index >= 15 is 0 Å². The molecule has 1 atom stereocenters. The molecule has 0 aliphatic carbocycles. The van der Waals surface area contributed by atoms with Crippen LogP contribution >= 0.6 is 11.6 Å². The first-order valence-electron chi connectivity index (χ1n) is 4.62. The second-order valence-electron chi connectivity index (χ2n) is 3.53. The Bertz CT molecular complexity index is 215. The molecular formula is C10H18ClNO3. The second kappa shape index (κ2) is 7.68. The molecule has 1 aliphatic heterocycles. The van der Waals surface area contributed by atoms with Gasteiger partial charge in [0.25, 0.3) is 0 Å². The van der Waals surface area contributed by atoms with Gasteiger partial charge in [-0.1, -0.05) is 6.58 Å². The Labute approximate surface area is 95.8 Å². The molecule has 0 aromatic heterocycles. The number of nitrogens with zero attached hydrogens (tertiary/aromatic N) is 1. The van der Waals surface area contributed by atoms with Crippen LogP contribution in [-0.2, 0) is 14.3 Å². The van der Waals surface area contributed by atoms with Crippen LogP contribution in [0.4, 0.5) is 0 Å². The van der Waals surface area contributed by atoms with Crippen molar-refractivity contribution in [1.82, 2.24) is 4.90 Å². The monoisotopic (exact) mass is 235 g/mol. The Kier molecular flexibility index (Phi) is 7.38. The summed E-state index contributed by atoms with van der Waals surface area (Å²) in [6.07, 6.45) is 0.400. The number of carbonyl (C=O) groups excluding carboxylic acids is 1. The largest absolute Gasteiger partial charge is 0.446 e. The Morgan fingerprint density at radius 3 is 2.40 bits per heavy atom. The maximum atomic E-state index is 10.7. The van der Waals surface area contributed by atoms with E-state index in [2.05, 4.69) is 6.58 Å². The lowest BCUT2D eigenvalue weighted by molar-refractivity contribution is -0.142. The molecule has 0 aromatic carbocycles. The Morgan fingerprint density at radius 2 is 2.20 bits per heavy atom. The van der Waals surface area contributed by atoms with Crippen molar-refractivity contribution in [3.8, 4) is 0 Å². The molecule has 88 valence electrons. The average Bonchev–Trinajstić information content (AvgIpc) is 2.97. The fraction of sp³-hybridized carbons (Fsp3) is 0.700. The smallest absolute Gasteiger partial charge is 0.334 e. The Hall–Kier alpha value is -0.580. The van der Waals surface area contributed by atoms with Crippen LogP contribution in [0.5, 0.6) is 0 Å². The molecular weight excluding hydrogens is 218 g/mol. The van der Waals surface area contributed by atoms with Gasteiger partial charge < -0.3 is 9.47 Å². The molecule has 1 rings (SSSR count). The molecule has 0 spiro atoms. The van der Waals surface area contributed by atoms with Crippen molar-refractivity contribution in [1.29, 1.82) is 0 Å². The number of hydrogen-bond donors (Lipinski definition) is 0. The van der Waals surface area contributed by atoms with Crippen LogP contribution in [0.3, 0.4) is 0 Å². The second-order valence-corrected chi connectivity index (χ2v) is 3.84. The molecule has 4 nitrogen and oxygen atoms in total. The number of rotatable bonds is 4. The van der Waals surface area contributed by atoms with Crippen molar-refractivity contribution in [3.05, 3.63) is 12.2 Å². The minimum absolute atomic E-state index is 0.311. The van der Waals surface area contributed by atoms with Crippen molar-refractivity contribution in [3.63, 3.8) is 0 Å². The molecule has 0 saturated carbocycles. The number of carbonyl (C=O) groups is 1. The molecule has 0 aromatic rings. The van der Waals surface area contributed by atoms with Crippen LogP contribution in [0.25, 0.3) is 0 Å². The normalized spacial score (nSPS) is 17.8. The van der Waals surface area contributed by atoms with E-state index in [-0.39, 0.29) is 5.97 Å². The molecule has 15 heavy (non-hydrogen) atoms. The maximum absolute atomic E-state index is 10.7. The zero-order valence-electron chi connectivity index (χ0n) is 9.46. The first-order valence-corrected chi connectivity index (χ1v) is 5.15. The van der Waals surface area contributed by atoms with Gasteiger partial charge in [-0.3, -0.25) is 4.90 Å². The number of esters is 1. The Morgan fingerprint density at radius 1 is 1.67 bits per heavy atom. The van der Waals surface area contributed by atoms with Crippen molar-refractivity contribution < 1.29 is 14.3 Å². The molecule has 1 saturated heterocycles. The number of alkyl halides is 1. The third kappa shape index (κ3) is 9.72. The van der Waals surface area contributed by atoms with Gasteiger partial charge in [-0.15, -0.1) is 11.6 Å². The summed E-state index contributed by atoms with van der Waals surface area (Å²) in [5.74, 6) is 0.328. The van der Waals surface area contributed by atoms with E-state index in [0.717, 1.165) is 6.61 Å². The van der Waals surface area contributed by atoms with Crippen molar-refractivity contribution in [2.45, 2.75) is 13.0 Å². The summed E-state index contributed by atoms with van der Waals surface area (Å²) in [6, 6.07) is 0. The van der Waals surface area contributed by atoms with E-state index in [1.807, 2.05) is 14.1 Å². The molecule has 0 N–H and O–H groups in total. The van der Waals surface area contributed by atoms with Crippen LogP contribution < -0.4 is 0 Å². The summed E-state index contributed by atoms with van der Waals surface area (Å²) in [4.78, 5) is 12.5. The zero-order valence-corrected chi connectivity index (χ0v) is 10.2. The van der Waals surface area contributed by atoms with Crippen LogP contribution in [0.1, 0.15) is 6.92 Å². The Balaban J connectivity index is 0.000000322. The molecule has 1 fully saturated rings. The van der Waals surface area contributed by atoms with Gasteiger partial charge in [0.1, 0.15) is 6.73 Å². The highest BCUT2D eigenvalue weighted by Crippen LogP contribution is 2.08. The quantitative estimate of drug-likeness (QED) is 0.242. The third-order valence-electron chi connectivity index (χ3n) is 1.38. The summed E-state index contributed by atoms with van der Waals surface area (Å²) in [6.45, 7) is 6.25. The van der Waals surface area contributed by atoms with Gasteiger partial charge in [-0.05, 0) is 21.0 Å². The van der Waals surface area contributed by atoms with Gasteiger partial charge in [-0.25, -0.2) is 4.79 Å². The number of ether oxygens (including phenoxy) is 2. The fourth-order valence-electron chi connectivity index (χ4n) is 0.468. The lowest BCUT2D eigenvalue weighted by Crippen LogP contribution is -2.19. The van der Waals surface area contributed by atoms with Crippen molar-refractivity contribution in [2.24, 2.45) is 0 Å². The first kappa shape index (κ1) is 14.4. The number of epoxide rings is 1. The van der Waals surface area contributed by atoms with E-state index in [9.17, 15) is 4.79 Å². The lowest BCUT2D eigenvalue weighted by Gasteiger charge is -2.09. The van der Waals surface area contributed by atoms with Gasteiger partial charge in [-0.2, -0.15) is 0 Å². The minimum atomic E-state index is -0.339. The molecule has 1 unspecified atom stereocenters. The van der Waals surface area contributed by atoms with Gasteiger partial charge in [0, 0.05) is 5.57 Å². The summed E-state index contributed by atoms with van der Waals surface area (Å²) >= 11 is 5.27. The van der Waals surface area contributed by atoms with Crippen LogP contribution in [0, 0.1) is 0 Å². The number of hydrogen-bond acceptors (Lipinski definition) is 4. The standard InChI is InChI=1S/C7H13NO2.C3H5ClO/c1-6(2)7(9)10-5-8(3)4;4-1-3-2-5-3/h1,5H2,2-4H3;3H,1-2H2. The van der Waals surface area contributed by atoms with Gasteiger partial charge in [0.05, 0.1) is 18.6 Å². The molecule has 1 aliphatic rings. The van der Waals surface area contributed by atoms with E-state index in [4.69, 9.17) is 21.1 Å². The summed E-state index contributed by atoms with van der Waals surface area (Å²) in [5.41, 5.74) is 0.432. The third-order valence-corrected chi connectivity index (χ3v) is 1.72. The fourth-order valence-corrected chi connectivity index (χ4v) is 0.646. The highest BCUT2D eigenvalue weighted by Gasteiger charge is 2.19. The minimum Gasteiger partial charge on any atom is -0.446 e. The molecule has 5 heteroatoms. The topological polar surface area (TPSA) is 42.1 Å². The predicted octanol–water partition coefficient (Wildman–Crippen LogP) is 1.25. The van der Waals surface area contributed by atoms with Crippen molar-refractivity contribution >= 4 is 17.6 Å². The zero-order chi connectivity index (χ0) is 11.8. The summed E-state index contributed by atoms with van der Waals surface area (Å²) in [7, 11) is 3.65. The summed E-state index contributed by atoms with van der Waals surface area (Å²) in [5, 5.41) is 0. The van der Waals surface area contributed by atoms with Gasteiger partial charge in [0.15, 0.2) is 0 Å². The highest BCUT2D eigenvalue weighted by atomic mass is 35.5. The highest BCUT2D eigenvalue weighted by molar-refractivity contribution is 6.18. The lowest BCUT2D eigenvalue weighted by atomic mass is 10.4. The molecule has 0 radical (unpaired) electrons. The maximum Gasteiger partial charge on any atom is 0.334 e. The number of halogens is 1. The van der Waals surface area contributed by atoms with Gasteiger partial charge in [0.2, 0.25) is 0 Å². The van der Waals surface area contributed by atoms with Crippen LogP contribution in [0.15, 0.2) is 12.2 Å². The van der Waals surface area contributed by atoms with E-state index in [1.54, 1.807) is 11.8 Å². The van der Waals surface area contributed by atoms with E-state index in [0.29, 0.717) is 24.3 Å². The van der Waals surface area contributed by atoms with Crippen LogP contribution in [-0.4, -0.2) is 50.3 Å². The van der Waals surface area contributed by atoms with Gasteiger partial charge >= 0.3 is 5.97 Å². The molecule has 0 bridgehead atoms. The molecule has 1 heterocycles. The SMILES string of the molecule is C=C(C)C(=O)OCN(C)C.ClCC1CO1. The predicted molar refractivity (Wildman–Crippen MR) is 59.9 cm³/mol. The van der Waals surface area contributed by atoms with Crippen molar-refractivity contribution in [2.75, 3.05) is 33.3 Å². The van der Waals surface area contributed by atoms with E-state index in [1.165, 1.54) is 0 Å². The first-order chi connectivity index (χ1) is 6.97. The molecule has 0 amide bonds. The summed E-state index contributed by atoms with van der Waals surface area (Å²) < 4.78 is 9.48. The van der Waals surface area contributed by atoms with E-state index < -0.39 is 0 Å².